The van der Waals surface area contributed by atoms with Crippen molar-refractivity contribution in [3.05, 3.63) is 30.5 Å². The maximum Gasteiger partial charge on any atom is 0.229 e. The van der Waals surface area contributed by atoms with Crippen LogP contribution in [0.25, 0.3) is 10.9 Å². The van der Waals surface area contributed by atoms with Crippen LogP contribution in [0.15, 0.2) is 30.5 Å². The number of hydrogen-bond donors (Lipinski definition) is 4. The number of nitrogens with one attached hydrogen (secondary N) is 2. The van der Waals surface area contributed by atoms with Gasteiger partial charge in [0.15, 0.2) is 11.6 Å². The van der Waals surface area contributed by atoms with Crippen LogP contribution < -0.4 is 32.1 Å². The molecule has 0 unspecified atom stereocenters. The van der Waals surface area contributed by atoms with E-state index in [0.717, 1.165) is 37.4 Å². The van der Waals surface area contributed by atoms with Crippen LogP contribution in [0.4, 0.5) is 29.0 Å². The number of hydrogen-bond acceptors (Lipinski definition) is 10. The molecule has 0 spiro atoms. The Hall–Kier alpha value is -3.24. The molecule has 2 aromatic heterocycles. The van der Waals surface area contributed by atoms with Gasteiger partial charge in [0.05, 0.1) is 5.69 Å². The lowest BCUT2D eigenvalue weighted by molar-refractivity contribution is 0.583. The molecule has 6 N–H and O–H groups in total. The van der Waals surface area contributed by atoms with Gasteiger partial charge in [0, 0.05) is 43.8 Å². The highest BCUT2D eigenvalue weighted by atomic mass is 15.4. The van der Waals surface area contributed by atoms with E-state index in [1.807, 2.05) is 38.1 Å². The summed E-state index contributed by atoms with van der Waals surface area (Å²) < 4.78 is 0. The minimum Gasteiger partial charge on any atom is -0.397 e. The van der Waals surface area contributed by atoms with Crippen molar-refractivity contribution in [2.75, 3.05) is 47.1 Å². The molecule has 1 aliphatic rings. The molecule has 4 rings (SSSR count). The van der Waals surface area contributed by atoms with Crippen LogP contribution in [0.1, 0.15) is 13.8 Å². The van der Waals surface area contributed by atoms with E-state index in [1.165, 1.54) is 0 Å². The first kappa shape index (κ1) is 19.1. The first-order chi connectivity index (χ1) is 14.0. The summed E-state index contributed by atoms with van der Waals surface area (Å²) in [5.74, 6) is 8.08. The molecule has 3 heterocycles. The van der Waals surface area contributed by atoms with E-state index in [9.17, 15) is 0 Å². The molecule has 1 aliphatic heterocycles. The number of benzene rings is 1. The van der Waals surface area contributed by atoms with Crippen LogP contribution in [-0.2, 0) is 0 Å². The van der Waals surface area contributed by atoms with Crippen LogP contribution in [0.2, 0.25) is 0 Å². The molecule has 152 valence electrons. The fraction of sp³-hybridized carbons (Fsp3) is 0.368. The fourth-order valence-electron chi connectivity index (χ4n) is 3.26. The molecule has 29 heavy (non-hydrogen) atoms. The van der Waals surface area contributed by atoms with Crippen molar-refractivity contribution < 1.29 is 0 Å². The predicted molar refractivity (Wildman–Crippen MR) is 116 cm³/mol. The third-order valence-electron chi connectivity index (χ3n) is 4.90. The highest BCUT2D eigenvalue weighted by Crippen LogP contribution is 2.31. The molecule has 0 saturated carbocycles. The van der Waals surface area contributed by atoms with Crippen molar-refractivity contribution in [2.24, 2.45) is 5.84 Å². The molecule has 1 saturated heterocycles. The molecule has 0 amide bonds. The van der Waals surface area contributed by atoms with Crippen molar-refractivity contribution in [3.63, 3.8) is 0 Å². The first-order valence-electron chi connectivity index (χ1n) is 9.68. The fourth-order valence-corrected chi connectivity index (χ4v) is 3.26. The standard InChI is InChI=1S/C19H26N10/c1-12(2)29(21)18-14(20)4-3-13-11-23-19(25-17(13)18)24-15-5-6-16(27-26-15)28-9-7-22-8-10-28/h3-6,11-12,22H,7-10,20-21H2,1-2H3,(H,23,24,25,26). The van der Waals surface area contributed by atoms with E-state index < -0.39 is 0 Å². The quantitative estimate of drug-likeness (QED) is 0.284. The van der Waals surface area contributed by atoms with Crippen molar-refractivity contribution in [3.8, 4) is 0 Å². The summed E-state index contributed by atoms with van der Waals surface area (Å²) in [7, 11) is 0. The smallest absolute Gasteiger partial charge is 0.229 e. The maximum atomic E-state index is 6.24. The Morgan fingerprint density at radius 2 is 1.93 bits per heavy atom. The molecule has 0 atom stereocenters. The number of fused-ring (bicyclic) bond motifs is 1. The van der Waals surface area contributed by atoms with Crippen molar-refractivity contribution in [1.82, 2.24) is 25.5 Å². The maximum absolute atomic E-state index is 6.24. The number of rotatable bonds is 5. The van der Waals surface area contributed by atoms with Crippen LogP contribution in [0, 0.1) is 0 Å². The van der Waals surface area contributed by atoms with Gasteiger partial charge in [-0.2, -0.15) is 0 Å². The van der Waals surface area contributed by atoms with E-state index in [1.54, 1.807) is 11.2 Å². The second-order valence-corrected chi connectivity index (χ2v) is 7.27. The molecule has 0 aliphatic carbocycles. The second kappa shape index (κ2) is 8.02. The van der Waals surface area contributed by atoms with Gasteiger partial charge >= 0.3 is 0 Å². The molecule has 1 fully saturated rings. The zero-order valence-corrected chi connectivity index (χ0v) is 16.6. The van der Waals surface area contributed by atoms with Gasteiger partial charge in [-0.05, 0) is 38.1 Å². The van der Waals surface area contributed by atoms with Gasteiger partial charge in [-0.1, -0.05) is 0 Å². The number of nitrogens with zero attached hydrogens (tertiary/aromatic N) is 6. The normalized spacial score (nSPS) is 14.4. The molecule has 3 aromatic rings. The van der Waals surface area contributed by atoms with Crippen molar-refractivity contribution in [1.29, 1.82) is 0 Å². The van der Waals surface area contributed by atoms with Gasteiger partial charge in [-0.15, -0.1) is 10.2 Å². The number of nitrogen functional groups attached to an aromatic ring is 1. The number of hydrazine groups is 1. The lowest BCUT2D eigenvalue weighted by Gasteiger charge is -2.27. The minimum absolute atomic E-state index is 0.0673. The highest BCUT2D eigenvalue weighted by molar-refractivity contribution is 5.97. The Kier molecular flexibility index (Phi) is 5.28. The summed E-state index contributed by atoms with van der Waals surface area (Å²) in [5.41, 5.74) is 8.12. The largest absolute Gasteiger partial charge is 0.397 e. The average molecular weight is 394 g/mol. The Morgan fingerprint density at radius 1 is 1.14 bits per heavy atom. The van der Waals surface area contributed by atoms with Crippen LogP contribution in [0.5, 0.6) is 0 Å². The van der Waals surface area contributed by atoms with E-state index in [0.29, 0.717) is 28.7 Å². The Labute approximate surface area is 169 Å². The molecule has 10 heteroatoms. The predicted octanol–water partition coefficient (Wildman–Crippen LogP) is 1.24. The van der Waals surface area contributed by atoms with E-state index >= 15 is 0 Å². The number of piperazine rings is 1. The highest BCUT2D eigenvalue weighted by Gasteiger charge is 2.16. The summed E-state index contributed by atoms with van der Waals surface area (Å²) in [6.45, 7) is 7.73. The third-order valence-corrected chi connectivity index (χ3v) is 4.90. The average Bonchev–Trinajstić information content (AvgIpc) is 2.74. The summed E-state index contributed by atoms with van der Waals surface area (Å²) in [6, 6.07) is 7.59. The third kappa shape index (κ3) is 3.98. The molecule has 0 radical (unpaired) electrons. The van der Waals surface area contributed by atoms with Gasteiger partial charge in [0.25, 0.3) is 0 Å². The Bertz CT molecular complexity index is 982. The summed E-state index contributed by atoms with van der Waals surface area (Å²) >= 11 is 0. The molecule has 10 nitrogen and oxygen atoms in total. The van der Waals surface area contributed by atoms with E-state index in [-0.39, 0.29) is 6.04 Å². The van der Waals surface area contributed by atoms with Gasteiger partial charge in [0.1, 0.15) is 11.2 Å². The number of aromatic nitrogens is 4. The van der Waals surface area contributed by atoms with Gasteiger partial charge in [-0.3, -0.25) is 0 Å². The van der Waals surface area contributed by atoms with Gasteiger partial charge in [-0.25, -0.2) is 15.8 Å². The molecular formula is C19H26N10. The molecule has 1 aromatic carbocycles. The Morgan fingerprint density at radius 3 is 2.62 bits per heavy atom. The SMILES string of the molecule is CC(C)N(N)c1c(N)ccc2cnc(Nc3ccc(N4CCNCC4)nn3)nc12. The minimum atomic E-state index is 0.0673. The number of anilines is 5. The topological polar surface area (TPSA) is 134 Å². The van der Waals surface area contributed by atoms with Crippen LogP contribution in [0.3, 0.4) is 0 Å². The summed E-state index contributed by atoms with van der Waals surface area (Å²) in [6.07, 6.45) is 1.74. The summed E-state index contributed by atoms with van der Waals surface area (Å²) in [5, 5.41) is 17.5. The van der Waals surface area contributed by atoms with Gasteiger partial charge < -0.3 is 26.3 Å². The monoisotopic (exact) mass is 394 g/mol. The zero-order chi connectivity index (χ0) is 20.4. The van der Waals surface area contributed by atoms with Crippen LogP contribution >= 0.6 is 0 Å². The Balaban J connectivity index is 1.60. The van der Waals surface area contributed by atoms with Crippen molar-refractivity contribution in [2.45, 2.75) is 19.9 Å². The molecule has 0 bridgehead atoms. The lowest BCUT2D eigenvalue weighted by atomic mass is 10.1. The van der Waals surface area contributed by atoms with E-state index in [4.69, 9.17) is 11.6 Å². The van der Waals surface area contributed by atoms with Crippen molar-refractivity contribution >= 4 is 39.9 Å². The van der Waals surface area contributed by atoms with E-state index in [2.05, 4.69) is 35.7 Å². The second-order valence-electron chi connectivity index (χ2n) is 7.27. The number of nitrogens with two attached hydrogens (primary N) is 2. The lowest BCUT2D eigenvalue weighted by Crippen LogP contribution is -2.43. The van der Waals surface area contributed by atoms with Gasteiger partial charge in [0.2, 0.25) is 5.95 Å². The van der Waals surface area contributed by atoms with Crippen LogP contribution in [-0.4, -0.2) is 52.4 Å². The first-order valence-corrected chi connectivity index (χ1v) is 9.68. The molecular weight excluding hydrogens is 368 g/mol. The zero-order valence-electron chi connectivity index (χ0n) is 16.6. The summed E-state index contributed by atoms with van der Waals surface area (Å²) in [4.78, 5) is 11.2.